The lowest BCUT2D eigenvalue weighted by Crippen LogP contribution is -2.33. The van der Waals surface area contributed by atoms with E-state index in [1.165, 1.54) is 0 Å². The Morgan fingerprint density at radius 1 is 1.24 bits per heavy atom. The number of aromatic nitrogens is 5. The third kappa shape index (κ3) is 3.91. The highest BCUT2D eigenvalue weighted by Crippen LogP contribution is 2.38. The number of ether oxygens (including phenoxy) is 2. The van der Waals surface area contributed by atoms with Crippen LogP contribution in [0, 0.1) is 0 Å². The molecule has 9 nitrogen and oxygen atoms in total. The number of rotatable bonds is 5. The van der Waals surface area contributed by atoms with Crippen LogP contribution in [-0.2, 0) is 16.9 Å². The summed E-state index contributed by atoms with van der Waals surface area (Å²) in [7, 11) is 0. The van der Waals surface area contributed by atoms with Crippen LogP contribution in [0.1, 0.15) is 46.4 Å². The molecule has 2 aliphatic rings. The topological polar surface area (TPSA) is 104 Å². The van der Waals surface area contributed by atoms with Gasteiger partial charge in [0.05, 0.1) is 19.3 Å². The number of anilines is 2. The van der Waals surface area contributed by atoms with Crippen molar-refractivity contribution in [1.29, 1.82) is 0 Å². The number of fused-ring (bicyclic) bond motifs is 3. The van der Waals surface area contributed by atoms with Gasteiger partial charge in [-0.2, -0.15) is 0 Å². The van der Waals surface area contributed by atoms with Crippen molar-refractivity contribution in [1.82, 2.24) is 24.5 Å². The standard InChI is InChI=1S/C23H29F2N7O2/c1-5-13(2)34-15-10-14(11-27-17(15)26)18-29-19(31-7-6-23(24,25)12-31)16-20(30-18)32-8-9-33-22(3,4)21(32)28-16/h10-11,13H,5-9,12H2,1-4H3,(H2,26,27). The average Bonchev–Trinajstić information content (AvgIpc) is 3.35. The number of nitrogens with two attached hydrogens (primary N) is 1. The normalized spacial score (nSPS) is 19.9. The van der Waals surface area contributed by atoms with E-state index in [-0.39, 0.29) is 24.9 Å². The predicted molar refractivity (Wildman–Crippen MR) is 124 cm³/mol. The van der Waals surface area contributed by atoms with Crippen LogP contribution in [-0.4, -0.2) is 56.2 Å². The molecule has 0 radical (unpaired) electrons. The van der Waals surface area contributed by atoms with Gasteiger partial charge in [0.1, 0.15) is 11.4 Å². The third-order valence-electron chi connectivity index (χ3n) is 6.40. The van der Waals surface area contributed by atoms with Gasteiger partial charge < -0.3 is 24.7 Å². The van der Waals surface area contributed by atoms with Gasteiger partial charge in [-0.3, -0.25) is 0 Å². The summed E-state index contributed by atoms with van der Waals surface area (Å²) in [6.07, 6.45) is 2.10. The molecular weight excluding hydrogens is 444 g/mol. The second kappa shape index (κ2) is 8.00. The van der Waals surface area contributed by atoms with Gasteiger partial charge in [0.2, 0.25) is 0 Å². The minimum atomic E-state index is -2.78. The van der Waals surface area contributed by atoms with Crippen molar-refractivity contribution >= 4 is 22.8 Å². The van der Waals surface area contributed by atoms with Crippen LogP contribution in [0.15, 0.2) is 12.3 Å². The Balaban J connectivity index is 1.69. The number of nitrogen functional groups attached to an aromatic ring is 1. The van der Waals surface area contributed by atoms with Crippen LogP contribution in [0.2, 0.25) is 0 Å². The number of nitrogens with zero attached hydrogens (tertiary/aromatic N) is 6. The molecule has 34 heavy (non-hydrogen) atoms. The summed E-state index contributed by atoms with van der Waals surface area (Å²) < 4.78 is 42.1. The number of hydrogen-bond donors (Lipinski definition) is 1. The zero-order valence-electron chi connectivity index (χ0n) is 19.8. The molecule has 182 valence electrons. The molecule has 0 saturated carbocycles. The molecule has 0 bridgehead atoms. The predicted octanol–water partition coefficient (Wildman–Crippen LogP) is 3.76. The summed E-state index contributed by atoms with van der Waals surface area (Å²) in [4.78, 5) is 20.1. The van der Waals surface area contributed by atoms with Crippen molar-refractivity contribution in [2.75, 3.05) is 30.3 Å². The van der Waals surface area contributed by atoms with Crippen molar-refractivity contribution in [2.45, 2.75) is 64.7 Å². The molecule has 3 aromatic rings. The first-order valence-electron chi connectivity index (χ1n) is 11.6. The first-order valence-corrected chi connectivity index (χ1v) is 11.6. The Hall–Kier alpha value is -3.08. The maximum Gasteiger partial charge on any atom is 0.266 e. The fraction of sp³-hybridized carbons (Fsp3) is 0.565. The Labute approximate surface area is 196 Å². The molecule has 0 amide bonds. The van der Waals surface area contributed by atoms with Gasteiger partial charge in [-0.25, -0.2) is 28.7 Å². The van der Waals surface area contributed by atoms with Gasteiger partial charge in [0.15, 0.2) is 34.4 Å². The summed E-state index contributed by atoms with van der Waals surface area (Å²) >= 11 is 0. The fourth-order valence-electron chi connectivity index (χ4n) is 4.35. The monoisotopic (exact) mass is 473 g/mol. The van der Waals surface area contributed by atoms with Crippen molar-refractivity contribution < 1.29 is 18.3 Å². The first kappa shape index (κ1) is 22.7. The van der Waals surface area contributed by atoms with Gasteiger partial charge in [0.25, 0.3) is 5.92 Å². The summed E-state index contributed by atoms with van der Waals surface area (Å²) in [6.45, 7) is 8.66. The van der Waals surface area contributed by atoms with Crippen LogP contribution in [0.3, 0.4) is 0 Å². The number of imidazole rings is 1. The lowest BCUT2D eigenvalue weighted by Gasteiger charge is -2.30. The molecule has 0 aliphatic carbocycles. The van der Waals surface area contributed by atoms with Crippen LogP contribution >= 0.6 is 0 Å². The second-order valence-corrected chi connectivity index (χ2v) is 9.46. The van der Waals surface area contributed by atoms with Crippen LogP contribution in [0.4, 0.5) is 20.4 Å². The summed E-state index contributed by atoms with van der Waals surface area (Å²) in [5.74, 6) is -0.634. The molecule has 0 spiro atoms. The number of halogens is 2. The molecule has 3 aromatic heterocycles. The highest BCUT2D eigenvalue weighted by Gasteiger charge is 2.41. The van der Waals surface area contributed by atoms with E-state index in [9.17, 15) is 8.78 Å². The molecule has 0 aromatic carbocycles. The molecule has 1 saturated heterocycles. The van der Waals surface area contributed by atoms with Gasteiger partial charge in [-0.05, 0) is 33.3 Å². The van der Waals surface area contributed by atoms with Gasteiger partial charge >= 0.3 is 0 Å². The summed E-state index contributed by atoms with van der Waals surface area (Å²) in [5.41, 5.74) is 7.06. The Bertz CT molecular complexity index is 1240. The zero-order chi connectivity index (χ0) is 24.3. The third-order valence-corrected chi connectivity index (χ3v) is 6.40. The van der Waals surface area contributed by atoms with Crippen LogP contribution in [0.5, 0.6) is 5.75 Å². The maximum absolute atomic E-state index is 14.1. The van der Waals surface area contributed by atoms with Gasteiger partial charge in [0, 0.05) is 31.3 Å². The SMILES string of the molecule is CCC(C)Oc1cc(-c2nc(N3CCC(F)(F)C3)c3nc4n(c3n2)CCOC4(C)C)cnc1N. The molecule has 11 heteroatoms. The Morgan fingerprint density at radius 2 is 2.03 bits per heavy atom. The van der Waals surface area contributed by atoms with E-state index >= 15 is 0 Å². The highest BCUT2D eigenvalue weighted by molar-refractivity contribution is 5.87. The van der Waals surface area contributed by atoms with E-state index in [0.29, 0.717) is 53.1 Å². The average molecular weight is 474 g/mol. The number of alkyl halides is 2. The molecule has 1 fully saturated rings. The molecule has 2 N–H and O–H groups in total. The molecule has 5 rings (SSSR count). The Morgan fingerprint density at radius 3 is 2.74 bits per heavy atom. The van der Waals surface area contributed by atoms with Crippen molar-refractivity contribution in [3.8, 4) is 17.1 Å². The second-order valence-electron chi connectivity index (χ2n) is 9.46. The first-order chi connectivity index (χ1) is 16.1. The quantitative estimate of drug-likeness (QED) is 0.597. The van der Waals surface area contributed by atoms with Gasteiger partial charge in [-0.1, -0.05) is 6.92 Å². The van der Waals surface area contributed by atoms with Crippen molar-refractivity contribution in [3.63, 3.8) is 0 Å². The van der Waals surface area contributed by atoms with Crippen molar-refractivity contribution in [2.24, 2.45) is 0 Å². The van der Waals surface area contributed by atoms with E-state index in [4.69, 9.17) is 30.2 Å². The lowest BCUT2D eigenvalue weighted by molar-refractivity contribution is -0.0530. The van der Waals surface area contributed by atoms with E-state index in [1.54, 1.807) is 17.2 Å². The Kier molecular flexibility index (Phi) is 5.34. The summed E-state index contributed by atoms with van der Waals surface area (Å²) in [6, 6.07) is 1.75. The fourth-order valence-corrected chi connectivity index (χ4v) is 4.35. The smallest absolute Gasteiger partial charge is 0.266 e. The minimum absolute atomic E-state index is 0.0470. The van der Waals surface area contributed by atoms with Crippen LogP contribution in [0.25, 0.3) is 22.6 Å². The molecule has 1 unspecified atom stereocenters. The van der Waals surface area contributed by atoms with Crippen LogP contribution < -0.4 is 15.4 Å². The van der Waals surface area contributed by atoms with E-state index in [1.807, 2.05) is 32.3 Å². The lowest BCUT2D eigenvalue weighted by atomic mass is 10.1. The number of pyridine rings is 1. The number of hydrogen-bond acceptors (Lipinski definition) is 8. The maximum atomic E-state index is 14.1. The highest BCUT2D eigenvalue weighted by atomic mass is 19.3. The van der Waals surface area contributed by atoms with E-state index < -0.39 is 18.1 Å². The van der Waals surface area contributed by atoms with Crippen molar-refractivity contribution in [3.05, 3.63) is 18.1 Å². The zero-order valence-corrected chi connectivity index (χ0v) is 19.8. The molecular formula is C23H29F2N7O2. The minimum Gasteiger partial charge on any atom is -0.487 e. The largest absolute Gasteiger partial charge is 0.487 e. The molecule has 5 heterocycles. The van der Waals surface area contributed by atoms with E-state index in [0.717, 1.165) is 6.42 Å². The molecule has 1 atom stereocenters. The summed E-state index contributed by atoms with van der Waals surface area (Å²) in [5, 5.41) is 0. The molecule has 2 aliphatic heterocycles. The van der Waals surface area contributed by atoms with E-state index in [2.05, 4.69) is 4.98 Å². The van der Waals surface area contributed by atoms with Gasteiger partial charge in [-0.15, -0.1) is 0 Å².